The third-order valence-corrected chi connectivity index (χ3v) is 3.96. The molecule has 0 aliphatic rings. The van der Waals surface area contributed by atoms with E-state index in [2.05, 4.69) is 5.32 Å². The van der Waals surface area contributed by atoms with Gasteiger partial charge in [-0.05, 0) is 0 Å². The van der Waals surface area contributed by atoms with E-state index in [1.54, 1.807) is 45.0 Å². The average molecular weight is 375 g/mol. The maximum atomic E-state index is 12.3. The van der Waals surface area contributed by atoms with Gasteiger partial charge in [-0.2, -0.15) is 0 Å². The zero-order chi connectivity index (χ0) is 19.3. The van der Waals surface area contributed by atoms with Gasteiger partial charge in [-0.3, -0.25) is 0 Å². The van der Waals surface area contributed by atoms with Gasteiger partial charge in [-0.1, -0.05) is 0 Å². The predicted octanol–water partition coefficient (Wildman–Crippen LogP) is 2.02. The molecule has 0 bridgehead atoms. The van der Waals surface area contributed by atoms with E-state index >= 15 is 0 Å². The van der Waals surface area contributed by atoms with E-state index in [9.17, 15) is 9.59 Å². The van der Waals surface area contributed by atoms with Crippen LogP contribution in [0.15, 0.2) is 30.3 Å². The first kappa shape index (κ1) is 14.1. The first-order chi connectivity index (χ1) is 11.4. The molecule has 122 valence electrons. The molecule has 5 nitrogen and oxygen atoms in total. The monoisotopic (exact) mass is 376 g/mol. The Kier molecular flexibility index (Phi) is 5.25. The quantitative estimate of drug-likeness (QED) is 0.800. The number of carbonyl (C=O) groups excluding carboxylic acids is 2. The molecule has 22 heavy (non-hydrogen) atoms. The van der Waals surface area contributed by atoms with Crippen LogP contribution in [0.5, 0.6) is 0 Å². The summed E-state index contributed by atoms with van der Waals surface area (Å²) < 4.78 is 33.9. The summed E-state index contributed by atoms with van der Waals surface area (Å²) in [5.74, 6) is -2.35. The third-order valence-electron chi connectivity index (χ3n) is 2.46. The van der Waals surface area contributed by atoms with Gasteiger partial charge in [0.2, 0.25) is 0 Å². The van der Waals surface area contributed by atoms with Gasteiger partial charge in [-0.25, -0.2) is 0 Å². The van der Waals surface area contributed by atoms with Crippen molar-refractivity contribution in [1.29, 1.82) is 0 Å². The molecule has 0 aliphatic heterocycles. The Morgan fingerprint density at radius 3 is 2.45 bits per heavy atom. The Hall–Kier alpha value is -1.52. The second-order valence-corrected chi connectivity index (χ2v) is 7.40. The Morgan fingerprint density at radius 1 is 1.27 bits per heavy atom. The molecule has 0 unspecified atom stereocenters. The molecule has 6 heteroatoms. The summed E-state index contributed by atoms with van der Waals surface area (Å²) in [6.45, 7) is 3.90. The van der Waals surface area contributed by atoms with Gasteiger partial charge in [0.05, 0.1) is 0 Å². The van der Waals surface area contributed by atoms with Gasteiger partial charge < -0.3 is 0 Å². The molecule has 1 N–H and O–H groups in total. The second kappa shape index (κ2) is 8.20. The minimum atomic E-state index is -2.61. The van der Waals surface area contributed by atoms with Gasteiger partial charge in [0, 0.05) is 0 Å². The van der Waals surface area contributed by atoms with Crippen LogP contribution in [0.25, 0.3) is 0 Å². The molecule has 1 amide bonds. The van der Waals surface area contributed by atoms with Crippen molar-refractivity contribution in [1.82, 2.24) is 5.32 Å². The van der Waals surface area contributed by atoms with Crippen molar-refractivity contribution in [3.8, 4) is 0 Å². The van der Waals surface area contributed by atoms with E-state index in [0.29, 0.717) is 0 Å². The van der Waals surface area contributed by atoms with Crippen molar-refractivity contribution >= 4 is 31.8 Å². The average Bonchev–Trinajstić information content (AvgIpc) is 2.42. The number of benzene rings is 1. The van der Waals surface area contributed by atoms with Crippen molar-refractivity contribution in [2.45, 2.75) is 46.2 Å². The van der Waals surface area contributed by atoms with Crippen LogP contribution in [0.2, 0.25) is 0 Å². The predicted molar refractivity (Wildman–Crippen MR) is 85.9 cm³/mol. The number of ether oxygens (including phenoxy) is 1. The fourth-order valence-corrected chi connectivity index (χ4v) is 2.55. The molecule has 0 spiro atoms. The van der Waals surface area contributed by atoms with E-state index < -0.39 is 51.8 Å². The van der Waals surface area contributed by atoms with E-state index in [-0.39, 0.29) is 0 Å². The van der Waals surface area contributed by atoms with Crippen LogP contribution in [0, 0.1) is 5.92 Å². The number of nitrogens with one attached hydrogen (secondary N) is 1. The molecule has 1 aromatic rings. The molecule has 0 radical (unpaired) electrons. The molecule has 1 aromatic carbocycles. The molecule has 0 saturated carbocycles. The van der Waals surface area contributed by atoms with Gasteiger partial charge >= 0.3 is 142 Å². The Labute approximate surface area is 142 Å². The number of hydrogen-bond donors (Lipinski definition) is 1. The van der Waals surface area contributed by atoms with Gasteiger partial charge in [-0.15, -0.1) is 0 Å². The molecule has 0 saturated heterocycles. The molecule has 0 aromatic heterocycles. The van der Waals surface area contributed by atoms with Gasteiger partial charge in [0.1, 0.15) is 0 Å². The number of amides is 1. The normalized spacial score (nSPS) is 16.5. The molecular weight excluding hydrogens is 349 g/mol. The Balaban J connectivity index is 2.75. The van der Waals surface area contributed by atoms with Crippen LogP contribution in [-0.4, -0.2) is 39.0 Å². The van der Waals surface area contributed by atoms with Crippen molar-refractivity contribution in [2.24, 2.45) is 5.92 Å². The summed E-state index contributed by atoms with van der Waals surface area (Å²) in [7, 11) is 0. The third kappa shape index (κ3) is 6.96. The van der Waals surface area contributed by atoms with Crippen LogP contribution in [0.1, 0.15) is 38.7 Å². The van der Waals surface area contributed by atoms with Crippen molar-refractivity contribution < 1.29 is 22.3 Å². The van der Waals surface area contributed by atoms with Crippen molar-refractivity contribution in [3.05, 3.63) is 30.3 Å². The Bertz CT molecular complexity index is 587. The molecule has 0 fully saturated rings. The van der Waals surface area contributed by atoms with E-state index in [1.807, 2.05) is 6.07 Å². The molecule has 0 heterocycles. The minimum absolute atomic E-state index is 0.645. The fraction of sp³-hybridized carbons (Fsp3) is 0.500. The first-order valence-electron chi connectivity index (χ1n) is 8.33. The fourth-order valence-electron chi connectivity index (χ4n) is 1.40. The summed E-state index contributed by atoms with van der Waals surface area (Å²) >= 11 is -0.645. The summed E-state index contributed by atoms with van der Waals surface area (Å²) in [6, 6.07) is 8.05. The number of carbonyl (C=O) groups is 2. The van der Waals surface area contributed by atoms with E-state index in [0.717, 1.165) is 4.46 Å². The van der Waals surface area contributed by atoms with Gasteiger partial charge in [0.15, 0.2) is 0 Å². The molecular formula is C16H23NO4Se. The SMILES string of the molecule is [2H]C([2H])([2H])[C@@H](C(=O)O[Se]c1ccccc1)[C@@H](C)NC(=O)OC(C)(C)C. The van der Waals surface area contributed by atoms with Crippen molar-refractivity contribution in [3.63, 3.8) is 0 Å². The van der Waals surface area contributed by atoms with E-state index in [1.165, 1.54) is 6.92 Å². The van der Waals surface area contributed by atoms with Crippen LogP contribution in [0.4, 0.5) is 4.79 Å². The summed E-state index contributed by atoms with van der Waals surface area (Å²) in [5, 5.41) is 2.41. The topological polar surface area (TPSA) is 64.6 Å². The zero-order valence-electron chi connectivity index (χ0n) is 16.1. The number of hydrogen-bond acceptors (Lipinski definition) is 4. The van der Waals surface area contributed by atoms with Gasteiger partial charge in [0.25, 0.3) is 0 Å². The zero-order valence-corrected chi connectivity index (χ0v) is 14.8. The maximum absolute atomic E-state index is 12.3. The van der Waals surface area contributed by atoms with Crippen molar-refractivity contribution in [2.75, 3.05) is 0 Å². The summed E-state index contributed by atoms with van der Waals surface area (Å²) in [6.07, 6.45) is -0.782. The summed E-state index contributed by atoms with van der Waals surface area (Å²) in [4.78, 5) is 24.1. The van der Waals surface area contributed by atoms with Crippen LogP contribution in [0.3, 0.4) is 0 Å². The summed E-state index contributed by atoms with van der Waals surface area (Å²) in [5.41, 5.74) is -0.726. The van der Waals surface area contributed by atoms with Crippen LogP contribution >= 0.6 is 0 Å². The number of alkyl carbamates (subject to hydrolysis) is 1. The first-order valence-corrected chi connectivity index (χ1v) is 8.38. The molecule has 0 aliphatic carbocycles. The van der Waals surface area contributed by atoms with Crippen LogP contribution in [-0.2, 0) is 13.4 Å². The second-order valence-electron chi connectivity index (χ2n) is 5.71. The molecule has 2 atom stereocenters. The number of rotatable bonds is 5. The Morgan fingerprint density at radius 2 is 1.91 bits per heavy atom. The van der Waals surface area contributed by atoms with Crippen LogP contribution < -0.4 is 9.78 Å². The van der Waals surface area contributed by atoms with E-state index in [4.69, 9.17) is 12.7 Å². The standard InChI is InChI=1S/C16H23NO4Se/c1-11(12(2)17-15(19)20-16(3,4)5)14(18)21-22-13-9-7-6-8-10-13/h6-12H,1-5H3,(H,17,19)/t11-,12-/m1/s1/i1D3. The molecule has 1 rings (SSSR count).